The third-order valence-electron chi connectivity index (χ3n) is 3.07. The van der Waals surface area contributed by atoms with E-state index in [1.807, 2.05) is 20.0 Å². The van der Waals surface area contributed by atoms with Crippen LogP contribution in [0, 0.1) is 19.8 Å². The normalized spacial score (nSPS) is 12.6. The van der Waals surface area contributed by atoms with Crippen molar-refractivity contribution in [3.63, 3.8) is 0 Å². The molecule has 0 aliphatic rings. The molecular weight excluding hydrogens is 202 g/mol. The van der Waals surface area contributed by atoms with Crippen LogP contribution in [0.25, 0.3) is 0 Å². The van der Waals surface area contributed by atoms with Crippen molar-refractivity contribution in [3.05, 3.63) is 23.0 Å². The lowest BCUT2D eigenvalue weighted by Gasteiger charge is -2.15. The molecule has 0 aliphatic carbocycles. The summed E-state index contributed by atoms with van der Waals surface area (Å²) in [6, 6.07) is 0. The lowest BCUT2D eigenvalue weighted by Crippen LogP contribution is -2.11. The van der Waals surface area contributed by atoms with E-state index in [1.54, 1.807) is 7.11 Å². The van der Waals surface area contributed by atoms with Crippen molar-refractivity contribution >= 4 is 0 Å². The number of aryl methyl sites for hydroxylation is 1. The van der Waals surface area contributed by atoms with Gasteiger partial charge in [0.05, 0.1) is 7.11 Å². The summed E-state index contributed by atoms with van der Waals surface area (Å²) >= 11 is 0. The van der Waals surface area contributed by atoms with Crippen LogP contribution in [-0.2, 0) is 6.42 Å². The molecule has 1 unspecified atom stereocenters. The molecule has 1 atom stereocenters. The first kappa shape index (κ1) is 13.0. The number of nitrogens with zero attached hydrogens (tertiary/aromatic N) is 1. The maximum Gasteiger partial charge on any atom is 0.128 e. The molecule has 0 saturated carbocycles. The summed E-state index contributed by atoms with van der Waals surface area (Å²) in [7, 11) is 1.68. The van der Waals surface area contributed by atoms with Gasteiger partial charge in [-0.2, -0.15) is 0 Å². The molecule has 0 aromatic carbocycles. The van der Waals surface area contributed by atoms with Crippen LogP contribution in [0.5, 0.6) is 5.75 Å². The van der Waals surface area contributed by atoms with E-state index in [1.165, 1.54) is 0 Å². The lowest BCUT2D eigenvalue weighted by molar-refractivity contribution is 0.221. The first-order chi connectivity index (χ1) is 7.63. The van der Waals surface area contributed by atoms with Crippen LogP contribution >= 0.6 is 0 Å². The third kappa shape index (κ3) is 2.73. The van der Waals surface area contributed by atoms with Crippen LogP contribution in [0.4, 0.5) is 0 Å². The average Bonchev–Trinajstić information content (AvgIpc) is 2.29. The van der Waals surface area contributed by atoms with Gasteiger partial charge in [0.2, 0.25) is 0 Å². The Labute approximate surface area is 97.5 Å². The summed E-state index contributed by atoms with van der Waals surface area (Å²) in [6.45, 7) is 6.32. The smallest absolute Gasteiger partial charge is 0.128 e. The minimum atomic E-state index is 0.216. The molecule has 0 fully saturated rings. The van der Waals surface area contributed by atoms with E-state index >= 15 is 0 Å². The zero-order valence-electron chi connectivity index (χ0n) is 10.6. The van der Waals surface area contributed by atoms with Crippen molar-refractivity contribution in [2.75, 3.05) is 13.7 Å². The molecule has 90 valence electrons. The van der Waals surface area contributed by atoms with Gasteiger partial charge >= 0.3 is 0 Å². The molecule has 0 spiro atoms. The van der Waals surface area contributed by atoms with Gasteiger partial charge in [0.15, 0.2) is 0 Å². The fourth-order valence-corrected chi connectivity index (χ4v) is 1.89. The Morgan fingerprint density at radius 3 is 2.62 bits per heavy atom. The van der Waals surface area contributed by atoms with Crippen molar-refractivity contribution < 1.29 is 9.84 Å². The fraction of sp³-hybridized carbons (Fsp3) is 0.615. The van der Waals surface area contributed by atoms with Gasteiger partial charge in [-0.1, -0.05) is 13.3 Å². The van der Waals surface area contributed by atoms with Crippen LogP contribution in [0.3, 0.4) is 0 Å². The molecule has 0 amide bonds. The molecule has 3 heteroatoms. The number of hydrogen-bond acceptors (Lipinski definition) is 3. The van der Waals surface area contributed by atoms with E-state index in [0.717, 1.165) is 35.4 Å². The molecule has 0 saturated heterocycles. The Balaban J connectivity index is 2.97. The quantitative estimate of drug-likeness (QED) is 0.832. The van der Waals surface area contributed by atoms with Gasteiger partial charge in [0.25, 0.3) is 0 Å². The van der Waals surface area contributed by atoms with Crippen LogP contribution in [-0.4, -0.2) is 23.8 Å². The van der Waals surface area contributed by atoms with Crippen LogP contribution < -0.4 is 4.74 Å². The number of rotatable bonds is 5. The molecule has 16 heavy (non-hydrogen) atoms. The number of methoxy groups -OCH3 is 1. The number of aromatic nitrogens is 1. The predicted octanol–water partition coefficient (Wildman–Crippen LogP) is 2.27. The maximum absolute atomic E-state index is 9.20. The molecule has 0 bridgehead atoms. The molecule has 1 aromatic heterocycles. The second-order valence-corrected chi connectivity index (χ2v) is 4.21. The predicted molar refractivity (Wildman–Crippen MR) is 64.8 cm³/mol. The zero-order valence-corrected chi connectivity index (χ0v) is 10.6. The molecule has 1 aromatic rings. The second kappa shape index (κ2) is 5.85. The molecular formula is C13H21NO2. The van der Waals surface area contributed by atoms with Crippen molar-refractivity contribution in [2.45, 2.75) is 33.6 Å². The van der Waals surface area contributed by atoms with Gasteiger partial charge in [-0.3, -0.25) is 4.98 Å². The van der Waals surface area contributed by atoms with Gasteiger partial charge in [-0.15, -0.1) is 0 Å². The molecule has 0 radical (unpaired) electrons. The van der Waals surface area contributed by atoms with E-state index in [4.69, 9.17) is 4.74 Å². The minimum Gasteiger partial charge on any atom is -0.496 e. The third-order valence-corrected chi connectivity index (χ3v) is 3.07. The Kier molecular flexibility index (Phi) is 4.74. The summed E-state index contributed by atoms with van der Waals surface area (Å²) in [6.07, 6.45) is 3.62. The highest BCUT2D eigenvalue weighted by atomic mass is 16.5. The van der Waals surface area contributed by atoms with Crippen molar-refractivity contribution in [1.29, 1.82) is 0 Å². The van der Waals surface area contributed by atoms with Crippen LogP contribution in [0.2, 0.25) is 0 Å². The Bertz CT molecular complexity index is 346. The summed E-state index contributed by atoms with van der Waals surface area (Å²) in [5, 5.41) is 9.20. The first-order valence-corrected chi connectivity index (χ1v) is 5.73. The largest absolute Gasteiger partial charge is 0.496 e. The van der Waals surface area contributed by atoms with E-state index in [2.05, 4.69) is 11.9 Å². The highest BCUT2D eigenvalue weighted by molar-refractivity contribution is 5.41. The number of aliphatic hydroxyl groups is 1. The monoisotopic (exact) mass is 223 g/mol. The van der Waals surface area contributed by atoms with Crippen LogP contribution in [0.15, 0.2) is 6.20 Å². The van der Waals surface area contributed by atoms with E-state index in [0.29, 0.717) is 5.92 Å². The average molecular weight is 223 g/mol. The topological polar surface area (TPSA) is 42.4 Å². The Morgan fingerprint density at radius 1 is 1.44 bits per heavy atom. The fourth-order valence-electron chi connectivity index (χ4n) is 1.89. The molecule has 1 N–H and O–H groups in total. The van der Waals surface area contributed by atoms with Crippen molar-refractivity contribution in [3.8, 4) is 5.75 Å². The van der Waals surface area contributed by atoms with Crippen molar-refractivity contribution in [1.82, 2.24) is 4.98 Å². The van der Waals surface area contributed by atoms with E-state index < -0.39 is 0 Å². The zero-order chi connectivity index (χ0) is 12.1. The SMILES string of the molecule is CCC(CO)Cc1ncc(C)c(OC)c1C. The standard InChI is InChI=1S/C13H21NO2/c1-5-11(8-15)6-12-10(3)13(16-4)9(2)7-14-12/h7,11,15H,5-6,8H2,1-4H3. The van der Waals surface area contributed by atoms with Gasteiger partial charge in [-0.05, 0) is 26.2 Å². The maximum atomic E-state index is 9.20. The summed E-state index contributed by atoms with van der Waals surface area (Å²) in [5.74, 6) is 1.21. The molecule has 1 rings (SSSR count). The molecule has 3 nitrogen and oxygen atoms in total. The molecule has 1 heterocycles. The molecule has 0 aliphatic heterocycles. The van der Waals surface area contributed by atoms with Gasteiger partial charge in [0, 0.05) is 29.6 Å². The summed E-state index contributed by atoms with van der Waals surface area (Å²) < 4.78 is 5.36. The summed E-state index contributed by atoms with van der Waals surface area (Å²) in [4.78, 5) is 4.43. The van der Waals surface area contributed by atoms with Gasteiger partial charge < -0.3 is 9.84 Å². The number of pyridine rings is 1. The number of hydrogen-bond donors (Lipinski definition) is 1. The second-order valence-electron chi connectivity index (χ2n) is 4.21. The van der Waals surface area contributed by atoms with E-state index in [-0.39, 0.29) is 6.61 Å². The lowest BCUT2D eigenvalue weighted by atomic mass is 9.98. The summed E-state index contributed by atoms with van der Waals surface area (Å²) in [5.41, 5.74) is 3.18. The Morgan fingerprint density at radius 2 is 2.12 bits per heavy atom. The van der Waals surface area contributed by atoms with Crippen LogP contribution in [0.1, 0.15) is 30.2 Å². The number of ether oxygens (including phenoxy) is 1. The minimum absolute atomic E-state index is 0.216. The highest BCUT2D eigenvalue weighted by Gasteiger charge is 2.13. The Hall–Kier alpha value is -1.09. The highest BCUT2D eigenvalue weighted by Crippen LogP contribution is 2.25. The van der Waals surface area contributed by atoms with Gasteiger partial charge in [-0.25, -0.2) is 0 Å². The van der Waals surface area contributed by atoms with Gasteiger partial charge in [0.1, 0.15) is 5.75 Å². The van der Waals surface area contributed by atoms with Crippen molar-refractivity contribution in [2.24, 2.45) is 5.92 Å². The first-order valence-electron chi connectivity index (χ1n) is 5.73. The number of aliphatic hydroxyl groups excluding tert-OH is 1. The van der Waals surface area contributed by atoms with E-state index in [9.17, 15) is 5.11 Å².